The van der Waals surface area contributed by atoms with Crippen LogP contribution in [0, 0.1) is 0 Å². The lowest BCUT2D eigenvalue weighted by atomic mass is 10.4. The summed E-state index contributed by atoms with van der Waals surface area (Å²) < 4.78 is 6.85. The number of hydrogen-bond acceptors (Lipinski definition) is 6. The molecule has 0 amide bonds. The third-order valence-corrected chi connectivity index (χ3v) is 3.34. The van der Waals surface area contributed by atoms with E-state index in [4.69, 9.17) is 4.74 Å². The molecule has 1 heterocycles. The molecule has 1 saturated carbocycles. The molecule has 1 aromatic rings. The molecule has 6 nitrogen and oxygen atoms in total. The number of ether oxygens (including phenoxy) is 1. The number of esters is 1. The Bertz CT molecular complexity index is 378. The summed E-state index contributed by atoms with van der Waals surface area (Å²) in [5.41, 5.74) is 0. The van der Waals surface area contributed by atoms with E-state index in [-0.39, 0.29) is 11.7 Å². The summed E-state index contributed by atoms with van der Waals surface area (Å²) in [6, 6.07) is 0.434. The van der Waals surface area contributed by atoms with Gasteiger partial charge in [-0.25, -0.2) is 4.68 Å². The topological polar surface area (TPSA) is 69.9 Å². The van der Waals surface area contributed by atoms with Crippen LogP contribution in [-0.4, -0.2) is 38.5 Å². The molecule has 0 atom stereocenters. The van der Waals surface area contributed by atoms with Crippen LogP contribution in [0.2, 0.25) is 0 Å². The first-order valence-electron chi connectivity index (χ1n) is 5.87. The maximum Gasteiger partial charge on any atom is 0.316 e. The van der Waals surface area contributed by atoms with Crippen molar-refractivity contribution in [3.63, 3.8) is 0 Å². The van der Waals surface area contributed by atoms with Crippen molar-refractivity contribution in [2.75, 3.05) is 12.4 Å². The fourth-order valence-corrected chi connectivity index (χ4v) is 2.07. The van der Waals surface area contributed by atoms with Gasteiger partial charge in [0.1, 0.15) is 0 Å². The molecule has 0 unspecified atom stereocenters. The first kappa shape index (κ1) is 12.3. The highest BCUT2D eigenvalue weighted by atomic mass is 32.2. The number of thioether (sulfide) groups is 1. The number of carbonyl (C=O) groups excluding carboxylic acids is 1. The molecule has 7 heteroatoms. The summed E-state index contributed by atoms with van der Waals surface area (Å²) in [6.45, 7) is 2.57. The van der Waals surface area contributed by atoms with Crippen molar-refractivity contribution in [3.05, 3.63) is 0 Å². The molecule has 0 radical (unpaired) electrons. The average Bonchev–Trinajstić information content (AvgIpc) is 3.06. The Labute approximate surface area is 104 Å². The normalized spacial score (nSPS) is 14.9. The van der Waals surface area contributed by atoms with E-state index in [1.165, 1.54) is 11.8 Å². The second-order valence-corrected chi connectivity index (χ2v) is 4.94. The van der Waals surface area contributed by atoms with Crippen LogP contribution in [0.1, 0.15) is 38.6 Å². The SMILES string of the molecule is CCCCOC(=O)CSc1nnnn1C1CC1. The molecule has 94 valence electrons. The Morgan fingerprint density at radius 3 is 3.12 bits per heavy atom. The van der Waals surface area contributed by atoms with Crippen molar-refractivity contribution >= 4 is 17.7 Å². The molecule has 0 saturated heterocycles. The minimum atomic E-state index is -0.200. The van der Waals surface area contributed by atoms with E-state index in [0.717, 1.165) is 25.7 Å². The Morgan fingerprint density at radius 1 is 1.59 bits per heavy atom. The van der Waals surface area contributed by atoms with Crippen molar-refractivity contribution in [1.29, 1.82) is 0 Å². The zero-order valence-electron chi connectivity index (χ0n) is 9.83. The highest BCUT2D eigenvalue weighted by molar-refractivity contribution is 7.99. The maximum absolute atomic E-state index is 11.4. The summed E-state index contributed by atoms with van der Waals surface area (Å²) in [6.07, 6.45) is 4.19. The molecule has 1 aromatic heterocycles. The van der Waals surface area contributed by atoms with Crippen LogP contribution in [-0.2, 0) is 9.53 Å². The number of hydrogen-bond donors (Lipinski definition) is 0. The van der Waals surface area contributed by atoms with Crippen molar-refractivity contribution in [1.82, 2.24) is 20.2 Å². The molecular weight excluding hydrogens is 240 g/mol. The van der Waals surface area contributed by atoms with Gasteiger partial charge in [-0.1, -0.05) is 25.1 Å². The molecule has 0 N–H and O–H groups in total. The number of rotatable bonds is 7. The first-order chi connectivity index (χ1) is 8.31. The van der Waals surface area contributed by atoms with Gasteiger partial charge in [-0.15, -0.1) is 5.10 Å². The lowest BCUT2D eigenvalue weighted by molar-refractivity contribution is -0.140. The van der Waals surface area contributed by atoms with Crippen LogP contribution in [0.3, 0.4) is 0 Å². The number of tetrazole rings is 1. The van der Waals surface area contributed by atoms with Gasteiger partial charge < -0.3 is 4.74 Å². The van der Waals surface area contributed by atoms with Crippen LogP contribution >= 0.6 is 11.8 Å². The molecule has 1 fully saturated rings. The molecule has 1 aliphatic rings. The fourth-order valence-electron chi connectivity index (χ4n) is 1.32. The van der Waals surface area contributed by atoms with Gasteiger partial charge in [-0.05, 0) is 29.7 Å². The van der Waals surface area contributed by atoms with Gasteiger partial charge in [-0.3, -0.25) is 4.79 Å². The van der Waals surface area contributed by atoms with Crippen molar-refractivity contribution < 1.29 is 9.53 Å². The van der Waals surface area contributed by atoms with Gasteiger partial charge >= 0.3 is 5.97 Å². The van der Waals surface area contributed by atoms with E-state index in [9.17, 15) is 4.79 Å². The Kier molecular flexibility index (Phi) is 4.36. The van der Waals surface area contributed by atoms with E-state index in [1.807, 2.05) is 0 Å². The third kappa shape index (κ3) is 3.69. The van der Waals surface area contributed by atoms with Gasteiger partial charge in [0, 0.05) is 0 Å². The molecule has 0 bridgehead atoms. The number of unbranched alkanes of at least 4 members (excludes halogenated alkanes) is 1. The first-order valence-corrected chi connectivity index (χ1v) is 6.86. The lowest BCUT2D eigenvalue weighted by Crippen LogP contribution is -2.09. The van der Waals surface area contributed by atoms with E-state index in [0.29, 0.717) is 17.8 Å². The second kappa shape index (κ2) is 6.00. The number of carbonyl (C=O) groups is 1. The smallest absolute Gasteiger partial charge is 0.316 e. The molecule has 1 aliphatic carbocycles. The molecular formula is C10H16N4O2S. The standard InChI is InChI=1S/C10H16N4O2S/c1-2-3-6-16-9(15)7-17-10-11-12-13-14(10)8-4-5-8/h8H,2-7H2,1H3. The maximum atomic E-state index is 11.4. The predicted molar refractivity (Wildman–Crippen MR) is 62.7 cm³/mol. The molecule has 0 aromatic carbocycles. The van der Waals surface area contributed by atoms with Gasteiger partial charge in [0.25, 0.3) is 0 Å². The van der Waals surface area contributed by atoms with Gasteiger partial charge in [0.15, 0.2) is 0 Å². The number of aromatic nitrogens is 4. The molecule has 2 rings (SSSR count). The Morgan fingerprint density at radius 2 is 2.41 bits per heavy atom. The summed E-state index contributed by atoms with van der Waals surface area (Å²) >= 11 is 1.34. The predicted octanol–water partition coefficient (Wildman–Crippen LogP) is 1.44. The minimum Gasteiger partial charge on any atom is -0.465 e. The molecule has 0 spiro atoms. The molecule has 17 heavy (non-hydrogen) atoms. The second-order valence-electron chi connectivity index (χ2n) is 4.00. The molecule has 0 aliphatic heterocycles. The summed E-state index contributed by atoms with van der Waals surface area (Å²) in [7, 11) is 0. The van der Waals surface area contributed by atoms with Gasteiger partial charge in [0.05, 0.1) is 18.4 Å². The van der Waals surface area contributed by atoms with Crippen LogP contribution in [0.4, 0.5) is 0 Å². The third-order valence-electron chi connectivity index (χ3n) is 2.44. The van der Waals surface area contributed by atoms with Crippen molar-refractivity contribution in [3.8, 4) is 0 Å². The van der Waals surface area contributed by atoms with Gasteiger partial charge in [-0.2, -0.15) is 0 Å². The average molecular weight is 256 g/mol. The van der Waals surface area contributed by atoms with Crippen molar-refractivity contribution in [2.45, 2.75) is 43.8 Å². The van der Waals surface area contributed by atoms with E-state index in [2.05, 4.69) is 22.4 Å². The van der Waals surface area contributed by atoms with Crippen LogP contribution in [0.5, 0.6) is 0 Å². The van der Waals surface area contributed by atoms with E-state index in [1.54, 1.807) is 4.68 Å². The highest BCUT2D eigenvalue weighted by Crippen LogP contribution is 2.36. The van der Waals surface area contributed by atoms with Crippen LogP contribution in [0.15, 0.2) is 5.16 Å². The highest BCUT2D eigenvalue weighted by Gasteiger charge is 2.28. The van der Waals surface area contributed by atoms with Crippen LogP contribution < -0.4 is 0 Å². The quantitative estimate of drug-likeness (QED) is 0.418. The Balaban J connectivity index is 1.73. The number of nitrogens with zero attached hydrogens (tertiary/aromatic N) is 4. The van der Waals surface area contributed by atoms with Gasteiger partial charge in [0.2, 0.25) is 5.16 Å². The Hall–Kier alpha value is -1.11. The summed E-state index contributed by atoms with van der Waals surface area (Å²) in [5, 5.41) is 12.2. The van der Waals surface area contributed by atoms with E-state index >= 15 is 0 Å². The van der Waals surface area contributed by atoms with Crippen molar-refractivity contribution in [2.24, 2.45) is 0 Å². The summed E-state index contributed by atoms with van der Waals surface area (Å²) in [4.78, 5) is 11.4. The van der Waals surface area contributed by atoms with Crippen LogP contribution in [0.25, 0.3) is 0 Å². The lowest BCUT2D eigenvalue weighted by Gasteiger charge is -2.03. The summed E-state index contributed by atoms with van der Waals surface area (Å²) in [5.74, 6) is 0.0744. The minimum absolute atomic E-state index is 0.200. The fraction of sp³-hybridized carbons (Fsp3) is 0.800. The largest absolute Gasteiger partial charge is 0.465 e. The zero-order valence-corrected chi connectivity index (χ0v) is 10.7. The van der Waals surface area contributed by atoms with E-state index < -0.39 is 0 Å². The zero-order chi connectivity index (χ0) is 12.1. The monoisotopic (exact) mass is 256 g/mol.